The molecule has 1 saturated heterocycles. The number of carboxylic acids is 1. The van der Waals surface area contributed by atoms with E-state index in [1.807, 2.05) is 24.3 Å². The molecule has 2 aromatic heterocycles. The second-order valence-electron chi connectivity index (χ2n) is 26.4. The molecule has 0 radical (unpaired) electrons. The van der Waals surface area contributed by atoms with E-state index in [1.165, 1.54) is 34.6 Å². The maximum absolute atomic E-state index is 14.2. The third-order valence-electron chi connectivity index (χ3n) is 18.0. The molecule has 604 valence electrons. The van der Waals surface area contributed by atoms with Crippen molar-refractivity contribution in [2.24, 2.45) is 5.92 Å². The topological polar surface area (TPSA) is 456 Å². The van der Waals surface area contributed by atoms with Crippen LogP contribution in [0, 0.1) is 5.92 Å². The lowest BCUT2D eigenvalue weighted by Crippen LogP contribution is -2.61. The van der Waals surface area contributed by atoms with Gasteiger partial charge in [0.1, 0.15) is 62.0 Å². The number of cyclic esters (lactones) is 1. The molecule has 35 nitrogen and oxygen atoms in total. The molecular weight excluding hydrogens is 1500 g/mol. The summed E-state index contributed by atoms with van der Waals surface area (Å²) in [6.07, 6.45) is -11.0. The van der Waals surface area contributed by atoms with Crippen molar-refractivity contribution in [1.82, 2.24) is 35.7 Å². The Morgan fingerprint density at radius 3 is 1.93 bits per heavy atom. The van der Waals surface area contributed by atoms with Gasteiger partial charge in [0, 0.05) is 42.8 Å². The summed E-state index contributed by atoms with van der Waals surface area (Å²) in [5, 5.41) is 67.6. The highest BCUT2D eigenvalue weighted by molar-refractivity contribution is 9.09. The summed E-state index contributed by atoms with van der Waals surface area (Å²) in [4.78, 5) is 127. The fourth-order valence-electron chi connectivity index (χ4n) is 11.9. The van der Waals surface area contributed by atoms with Crippen molar-refractivity contribution < 1.29 is 125 Å². The van der Waals surface area contributed by atoms with Crippen molar-refractivity contribution in [1.29, 1.82) is 0 Å². The number of carboxylic acid groups (broad SMARTS) is 1. The van der Waals surface area contributed by atoms with E-state index >= 15 is 0 Å². The molecule has 6 amide bonds. The van der Waals surface area contributed by atoms with Crippen LogP contribution in [-0.4, -0.2) is 274 Å². The first kappa shape index (κ1) is 88.1. The van der Waals surface area contributed by atoms with Crippen LogP contribution in [0.15, 0.2) is 53.3 Å². The van der Waals surface area contributed by atoms with E-state index in [0.717, 1.165) is 10.9 Å². The van der Waals surface area contributed by atoms with Gasteiger partial charge >= 0.3 is 24.1 Å². The molecule has 7 rings (SSSR count). The van der Waals surface area contributed by atoms with Crippen LogP contribution in [0.2, 0.25) is 0 Å². The molecule has 5 heterocycles. The fraction of sp³-hybridized carbons (Fsp3) is 0.616. The minimum atomic E-state index is -2.09. The molecule has 0 bridgehead atoms. The molecule has 10 N–H and O–H groups in total. The average molecular weight is 1600 g/mol. The predicted molar refractivity (Wildman–Crippen MR) is 391 cm³/mol. The molecule has 9 atom stereocenters. The van der Waals surface area contributed by atoms with Gasteiger partial charge in [-0.2, -0.15) is 0 Å². The fourth-order valence-corrected chi connectivity index (χ4v) is 12.1. The number of anilines is 1. The lowest BCUT2D eigenvalue weighted by Gasteiger charge is -2.38. The maximum Gasteiger partial charge on any atom is 0.410 e. The number of carbonyl (C=O) groups is 8. The SMILES string of the molecule is CC[C@@]1(O)C(=O)OCc2c1cc1n(c2=O)Cc2c-1nc1ccccc1c2CCN(C(=O)OCc1ccc(NC(=O)[C@H](C)NC(=O)[C@@H](NC(=O)[C@H](CCCCNC(=O)CBr)NC(=O)OCCOCCOCCOCCOCCOCCOCCOCCOC)C(C)C)c(O[C@@H]2O[C@H](C(=O)O)[C@@H](O)[C@H](O)[C@H]2O)c1)C(C)C. The highest BCUT2D eigenvalue weighted by atomic mass is 79.9. The number of nitrogens with one attached hydrogen (secondary N) is 5. The van der Waals surface area contributed by atoms with Gasteiger partial charge in [0.15, 0.2) is 11.7 Å². The van der Waals surface area contributed by atoms with Gasteiger partial charge in [-0.25, -0.2) is 24.2 Å². The summed E-state index contributed by atoms with van der Waals surface area (Å²) in [6.45, 7) is 14.8. The first-order chi connectivity index (χ1) is 52.3. The van der Waals surface area contributed by atoms with Crippen molar-refractivity contribution in [3.05, 3.63) is 86.7 Å². The molecule has 0 spiro atoms. The first-order valence-electron chi connectivity index (χ1n) is 36.3. The lowest BCUT2D eigenvalue weighted by molar-refractivity contribution is -0.271. The number of hydrogen-bond acceptors (Lipinski definition) is 27. The van der Waals surface area contributed by atoms with Gasteiger partial charge in [0.2, 0.25) is 29.9 Å². The summed E-state index contributed by atoms with van der Waals surface area (Å²) in [5.74, 6) is -6.20. The number of alkyl halides is 1. The number of para-hydroxylation sites is 1. The number of nitrogens with zero attached hydrogens (tertiary/aromatic N) is 3. The van der Waals surface area contributed by atoms with E-state index in [-0.39, 0.29) is 111 Å². The summed E-state index contributed by atoms with van der Waals surface area (Å²) in [5.41, 5.74) is 0.871. The van der Waals surface area contributed by atoms with Crippen LogP contribution in [-0.2, 0) is 117 Å². The second-order valence-corrected chi connectivity index (χ2v) is 26.9. The Morgan fingerprint density at radius 2 is 1.34 bits per heavy atom. The van der Waals surface area contributed by atoms with Crippen LogP contribution in [0.4, 0.5) is 15.3 Å². The highest BCUT2D eigenvalue weighted by Crippen LogP contribution is 2.41. The maximum atomic E-state index is 14.2. The Labute approximate surface area is 638 Å². The van der Waals surface area contributed by atoms with Gasteiger partial charge in [0.25, 0.3) is 5.56 Å². The third-order valence-corrected chi connectivity index (χ3v) is 18.5. The van der Waals surface area contributed by atoms with E-state index in [0.29, 0.717) is 115 Å². The van der Waals surface area contributed by atoms with Crippen LogP contribution in [0.1, 0.15) is 95.0 Å². The zero-order valence-electron chi connectivity index (χ0n) is 62.4. The van der Waals surface area contributed by atoms with Crippen molar-refractivity contribution in [3.63, 3.8) is 0 Å². The molecule has 2 aromatic carbocycles. The van der Waals surface area contributed by atoms with Gasteiger partial charge < -0.3 is 123 Å². The van der Waals surface area contributed by atoms with Crippen LogP contribution >= 0.6 is 15.9 Å². The van der Waals surface area contributed by atoms with Crippen LogP contribution in [0.5, 0.6) is 5.75 Å². The number of methoxy groups -OCH3 is 1. The first-order valence-corrected chi connectivity index (χ1v) is 37.4. The Morgan fingerprint density at radius 1 is 0.725 bits per heavy atom. The summed E-state index contributed by atoms with van der Waals surface area (Å²) < 4.78 is 72.6. The molecular formula is C73H103BrN8O27. The number of fused-ring (bicyclic) bond motifs is 5. The standard InChI is InChI=1S/C73H103BrN8O27/c1-8-73(96)51-38-55-59-49(40-82(55)67(90)50(51)42-106-70(73)93)47(48-13-9-10-14-52(48)77-59)18-20-81(44(4)5)72(95)107-41-46-16-17-53(56(37-46)108-69-62(86)60(84)61(85)63(109-69)68(91)92)78-64(87)45(6)76-66(89)58(43(2)3)80-65(88)54(15-11-12-19-75-57(83)39-74)79-71(94)105-36-35-104-34-33-103-32-31-102-30-29-101-28-27-100-26-25-99-24-23-98-22-21-97-7/h9-10,13-14,16-17,37-38,43-45,54,58,60-63,69,84-86,96H,8,11-12,15,18-36,39-42H2,1-7H3,(H,75,83)(H,76,89)(H,78,87)(H,79,94)(H,80,88)(H,91,92)/t45-,54-,58-,60-,61-,62+,63-,69+,73-/m0/s1. The van der Waals surface area contributed by atoms with Crippen LogP contribution in [0.3, 0.4) is 0 Å². The second kappa shape index (κ2) is 44.7. The van der Waals surface area contributed by atoms with E-state index in [2.05, 4.69) is 42.5 Å². The zero-order chi connectivity index (χ0) is 79.2. The smallest absolute Gasteiger partial charge is 0.410 e. The van der Waals surface area contributed by atoms with E-state index in [4.69, 9.17) is 66.6 Å². The molecule has 1 fully saturated rings. The van der Waals surface area contributed by atoms with Gasteiger partial charge in [-0.1, -0.05) is 61.0 Å². The number of ether oxygens (including phenoxy) is 13. The number of rotatable bonds is 48. The molecule has 3 aliphatic rings. The molecule has 36 heteroatoms. The summed E-state index contributed by atoms with van der Waals surface area (Å²) in [6, 6.07) is 8.66. The summed E-state index contributed by atoms with van der Waals surface area (Å²) >= 11 is 3.09. The zero-order valence-corrected chi connectivity index (χ0v) is 64.0. The highest BCUT2D eigenvalue weighted by Gasteiger charge is 2.49. The summed E-state index contributed by atoms with van der Waals surface area (Å²) in [7, 11) is 1.61. The number of hydrogen-bond donors (Lipinski definition) is 10. The van der Waals surface area contributed by atoms with Crippen LogP contribution in [0.25, 0.3) is 22.3 Å². The molecule has 3 aliphatic heterocycles. The minimum Gasteiger partial charge on any atom is -0.479 e. The number of halogens is 1. The Bertz CT molecular complexity index is 3740. The Hall–Kier alpha value is -8.08. The largest absolute Gasteiger partial charge is 0.479 e. The number of carbonyl (C=O) groups excluding carboxylic acids is 7. The molecule has 4 aromatic rings. The molecule has 0 unspecified atom stereocenters. The van der Waals surface area contributed by atoms with Crippen molar-refractivity contribution >= 4 is 80.3 Å². The Kier molecular flexibility index (Phi) is 36.1. The number of benzene rings is 2. The van der Waals surface area contributed by atoms with E-state index < -0.39 is 120 Å². The predicted octanol–water partition coefficient (Wildman–Crippen LogP) is 2.06. The molecule has 0 aliphatic carbocycles. The number of aliphatic hydroxyl groups is 4. The third kappa shape index (κ3) is 25.5. The number of aliphatic carboxylic acids is 1. The number of alkyl carbamates (subject to hydrolysis) is 1. The number of amides is 6. The number of unbranched alkanes of at least 4 members (excludes halogenated alkanes) is 1. The minimum absolute atomic E-state index is 0.00590. The quantitative estimate of drug-likeness (QED) is 0.0115. The number of esters is 1. The molecule has 109 heavy (non-hydrogen) atoms. The van der Waals surface area contributed by atoms with Gasteiger partial charge in [-0.05, 0) is 94.2 Å². The lowest BCUT2D eigenvalue weighted by atomic mass is 9.86. The van der Waals surface area contributed by atoms with E-state index in [1.54, 1.807) is 47.8 Å². The number of pyridine rings is 2. The van der Waals surface area contributed by atoms with Gasteiger partial charge in [-0.3, -0.25) is 24.0 Å². The number of aromatic nitrogens is 2. The van der Waals surface area contributed by atoms with Gasteiger partial charge in [-0.15, -0.1) is 0 Å². The van der Waals surface area contributed by atoms with E-state index in [9.17, 15) is 68.7 Å². The van der Waals surface area contributed by atoms with Crippen molar-refractivity contribution in [2.75, 3.05) is 137 Å². The normalized spacial score (nSPS) is 18.7. The van der Waals surface area contributed by atoms with Crippen molar-refractivity contribution in [2.45, 2.75) is 154 Å². The van der Waals surface area contributed by atoms with Crippen LogP contribution < -0.4 is 36.9 Å². The van der Waals surface area contributed by atoms with Gasteiger partial charge in [0.05, 0.1) is 139 Å². The average Bonchev–Trinajstić information content (AvgIpc) is 1.61. The molecule has 0 saturated carbocycles. The monoisotopic (exact) mass is 1600 g/mol. The number of aliphatic hydroxyl groups excluding tert-OH is 3. The Balaban J connectivity index is 0.930. The van der Waals surface area contributed by atoms with Crippen molar-refractivity contribution in [3.8, 4) is 17.1 Å².